The highest BCUT2D eigenvalue weighted by Gasteiger charge is 2.26. The molecule has 1 atom stereocenters. The number of amides is 1. The summed E-state index contributed by atoms with van der Waals surface area (Å²) in [6, 6.07) is 4.50. The molecule has 1 aromatic rings. The zero-order valence-electron chi connectivity index (χ0n) is 13.4. The highest BCUT2D eigenvalue weighted by Crippen LogP contribution is 2.19. The maximum Gasteiger partial charge on any atom is 0.410 e. The van der Waals surface area contributed by atoms with Gasteiger partial charge in [0.1, 0.15) is 24.8 Å². The Morgan fingerprint density at radius 3 is 3.13 bits per heavy atom. The highest BCUT2D eigenvalue weighted by molar-refractivity contribution is 5.68. The number of piperazine rings is 1. The van der Waals surface area contributed by atoms with E-state index in [1.165, 1.54) is 12.1 Å². The maximum atomic E-state index is 13.8. The smallest absolute Gasteiger partial charge is 0.410 e. The standard InChI is InChI=1S/C17H23FN2O3/c1-3-9-22-15-5-6-16(18)13(10-15)12-23-17(21)20-8-7-19-11-14(20)4-2/h3,5-6,10,14,19H,1,4,7-9,11-12H2,2H3/t14-/m1/s1. The average molecular weight is 322 g/mol. The van der Waals surface area contributed by atoms with Crippen LogP contribution in [0.2, 0.25) is 0 Å². The number of ether oxygens (including phenoxy) is 2. The molecule has 0 spiro atoms. The van der Waals surface area contributed by atoms with Crippen LogP contribution in [0.4, 0.5) is 9.18 Å². The molecule has 2 rings (SSSR count). The Kier molecular flexibility index (Phi) is 6.40. The summed E-state index contributed by atoms with van der Waals surface area (Å²) in [5.41, 5.74) is 0.295. The Hall–Kier alpha value is -2.08. The minimum atomic E-state index is -0.420. The van der Waals surface area contributed by atoms with E-state index in [1.807, 2.05) is 6.92 Å². The van der Waals surface area contributed by atoms with E-state index in [9.17, 15) is 9.18 Å². The van der Waals surface area contributed by atoms with Crippen molar-refractivity contribution in [2.45, 2.75) is 26.0 Å². The summed E-state index contributed by atoms with van der Waals surface area (Å²) in [5, 5.41) is 3.25. The molecule has 0 bridgehead atoms. The van der Waals surface area contributed by atoms with Crippen molar-refractivity contribution in [2.24, 2.45) is 0 Å². The van der Waals surface area contributed by atoms with Crippen molar-refractivity contribution in [1.29, 1.82) is 0 Å². The molecule has 1 fully saturated rings. The number of hydrogen-bond donors (Lipinski definition) is 1. The Morgan fingerprint density at radius 2 is 2.39 bits per heavy atom. The fourth-order valence-corrected chi connectivity index (χ4v) is 2.50. The van der Waals surface area contributed by atoms with Gasteiger partial charge < -0.3 is 19.7 Å². The van der Waals surface area contributed by atoms with Crippen molar-refractivity contribution < 1.29 is 18.7 Å². The van der Waals surface area contributed by atoms with E-state index >= 15 is 0 Å². The molecule has 1 aliphatic heterocycles. The molecule has 1 aliphatic rings. The van der Waals surface area contributed by atoms with Crippen LogP contribution in [-0.2, 0) is 11.3 Å². The molecule has 1 heterocycles. The van der Waals surface area contributed by atoms with Gasteiger partial charge >= 0.3 is 6.09 Å². The normalized spacial score (nSPS) is 17.7. The molecule has 23 heavy (non-hydrogen) atoms. The summed E-state index contributed by atoms with van der Waals surface area (Å²) < 4.78 is 24.5. The fraction of sp³-hybridized carbons (Fsp3) is 0.471. The van der Waals surface area contributed by atoms with Crippen LogP contribution in [-0.4, -0.2) is 43.3 Å². The Labute approximate surface area is 136 Å². The van der Waals surface area contributed by atoms with Crippen molar-refractivity contribution in [3.8, 4) is 5.75 Å². The van der Waals surface area contributed by atoms with Gasteiger partial charge in [0, 0.05) is 31.2 Å². The van der Waals surface area contributed by atoms with Crippen molar-refractivity contribution >= 4 is 6.09 Å². The van der Waals surface area contributed by atoms with Gasteiger partial charge in [0.05, 0.1) is 0 Å². The molecule has 0 unspecified atom stereocenters. The first-order valence-corrected chi connectivity index (χ1v) is 7.82. The molecule has 0 aliphatic carbocycles. The van der Waals surface area contributed by atoms with Crippen molar-refractivity contribution in [3.05, 3.63) is 42.2 Å². The van der Waals surface area contributed by atoms with E-state index < -0.39 is 11.9 Å². The second-order valence-electron chi connectivity index (χ2n) is 5.37. The maximum absolute atomic E-state index is 13.8. The van der Waals surface area contributed by atoms with Gasteiger partial charge in [0.15, 0.2) is 0 Å². The van der Waals surface area contributed by atoms with Crippen LogP contribution in [0.25, 0.3) is 0 Å². The number of nitrogens with zero attached hydrogens (tertiary/aromatic N) is 1. The van der Waals surface area contributed by atoms with Crippen molar-refractivity contribution in [1.82, 2.24) is 10.2 Å². The van der Waals surface area contributed by atoms with Crippen LogP contribution in [0.3, 0.4) is 0 Å². The lowest BCUT2D eigenvalue weighted by Crippen LogP contribution is -2.53. The van der Waals surface area contributed by atoms with Crippen molar-refractivity contribution in [2.75, 3.05) is 26.2 Å². The predicted molar refractivity (Wildman–Crippen MR) is 85.9 cm³/mol. The van der Waals surface area contributed by atoms with Crippen LogP contribution in [0.15, 0.2) is 30.9 Å². The lowest BCUT2D eigenvalue weighted by molar-refractivity contribution is 0.0706. The van der Waals surface area contributed by atoms with Gasteiger partial charge in [-0.25, -0.2) is 9.18 Å². The monoisotopic (exact) mass is 322 g/mol. The molecule has 1 aromatic carbocycles. The molecule has 0 radical (unpaired) electrons. The molecular weight excluding hydrogens is 299 g/mol. The van der Waals surface area contributed by atoms with Gasteiger partial charge in [-0.1, -0.05) is 19.6 Å². The van der Waals surface area contributed by atoms with Gasteiger partial charge in [-0.05, 0) is 24.6 Å². The molecule has 6 heteroatoms. The number of rotatable bonds is 6. The summed E-state index contributed by atoms with van der Waals surface area (Å²) >= 11 is 0. The molecule has 5 nitrogen and oxygen atoms in total. The number of hydrogen-bond acceptors (Lipinski definition) is 4. The molecule has 1 amide bonds. The molecule has 1 saturated heterocycles. The summed E-state index contributed by atoms with van der Waals surface area (Å²) in [6.45, 7) is 7.91. The van der Waals surface area contributed by atoms with Gasteiger partial charge in [0.2, 0.25) is 0 Å². The largest absolute Gasteiger partial charge is 0.490 e. The zero-order valence-corrected chi connectivity index (χ0v) is 13.4. The van der Waals surface area contributed by atoms with Crippen molar-refractivity contribution in [3.63, 3.8) is 0 Å². The van der Waals surface area contributed by atoms with Gasteiger partial charge in [0.25, 0.3) is 0 Å². The molecule has 126 valence electrons. The first-order valence-electron chi connectivity index (χ1n) is 7.82. The summed E-state index contributed by atoms with van der Waals surface area (Å²) in [5.74, 6) is 0.0991. The third kappa shape index (κ3) is 4.69. The van der Waals surface area contributed by atoms with Crippen LogP contribution >= 0.6 is 0 Å². The molecule has 0 aromatic heterocycles. The first kappa shape index (κ1) is 17.3. The number of carbonyl (C=O) groups excluding carboxylic acids is 1. The first-order chi connectivity index (χ1) is 11.2. The lowest BCUT2D eigenvalue weighted by atomic mass is 10.1. The van der Waals surface area contributed by atoms with Crippen LogP contribution in [0, 0.1) is 5.82 Å². The quantitative estimate of drug-likeness (QED) is 0.818. The van der Waals surface area contributed by atoms with Gasteiger partial charge in [-0.3, -0.25) is 0 Å². The van der Waals surface area contributed by atoms with E-state index in [2.05, 4.69) is 11.9 Å². The Bertz CT molecular complexity index is 551. The van der Waals surface area contributed by atoms with E-state index in [1.54, 1.807) is 17.0 Å². The van der Waals surface area contributed by atoms with E-state index in [4.69, 9.17) is 9.47 Å². The number of carbonyl (C=O) groups is 1. The fourth-order valence-electron chi connectivity index (χ4n) is 2.50. The summed E-state index contributed by atoms with van der Waals surface area (Å²) in [6.07, 6.45) is 2.05. The van der Waals surface area contributed by atoms with Gasteiger partial charge in [-0.15, -0.1) is 0 Å². The molecule has 0 saturated carbocycles. The Balaban J connectivity index is 1.96. The van der Waals surface area contributed by atoms with Crippen LogP contribution < -0.4 is 10.1 Å². The summed E-state index contributed by atoms with van der Waals surface area (Å²) in [4.78, 5) is 13.9. The summed E-state index contributed by atoms with van der Waals surface area (Å²) in [7, 11) is 0. The molecular formula is C17H23FN2O3. The Morgan fingerprint density at radius 1 is 1.57 bits per heavy atom. The third-order valence-electron chi connectivity index (χ3n) is 3.79. The minimum Gasteiger partial charge on any atom is -0.490 e. The minimum absolute atomic E-state index is 0.114. The van der Waals surface area contributed by atoms with Gasteiger partial charge in [-0.2, -0.15) is 0 Å². The highest BCUT2D eigenvalue weighted by atomic mass is 19.1. The average Bonchev–Trinajstić information content (AvgIpc) is 2.59. The number of nitrogens with one attached hydrogen (secondary N) is 1. The third-order valence-corrected chi connectivity index (χ3v) is 3.79. The van der Waals surface area contributed by atoms with E-state index in [0.717, 1.165) is 19.5 Å². The number of halogens is 1. The predicted octanol–water partition coefficient (Wildman–Crippen LogP) is 2.71. The SMILES string of the molecule is C=CCOc1ccc(F)c(COC(=O)N2CCNC[C@H]2CC)c1. The van der Waals surface area contributed by atoms with Crippen LogP contribution in [0.5, 0.6) is 5.75 Å². The zero-order chi connectivity index (χ0) is 16.7. The van der Waals surface area contributed by atoms with E-state index in [-0.39, 0.29) is 12.6 Å². The lowest BCUT2D eigenvalue weighted by Gasteiger charge is -2.34. The van der Waals surface area contributed by atoms with Crippen LogP contribution in [0.1, 0.15) is 18.9 Å². The second kappa shape index (κ2) is 8.53. The number of benzene rings is 1. The second-order valence-corrected chi connectivity index (χ2v) is 5.37. The van der Waals surface area contributed by atoms with E-state index in [0.29, 0.717) is 24.5 Å². The topological polar surface area (TPSA) is 50.8 Å². The molecule has 1 N–H and O–H groups in total.